The Hall–Kier alpha value is -2.77. The molecule has 1 unspecified atom stereocenters. The SMILES string of the molecule is C=CCN1C(=S)N(c2ccc(F)cc2)C(=O)C1CC(=O)Nc1cccc(Cl)c1. The molecule has 1 fully saturated rings. The van der Waals surface area contributed by atoms with E-state index in [0.29, 0.717) is 22.9 Å². The first-order valence-electron chi connectivity index (χ1n) is 8.47. The number of amides is 2. The molecule has 5 nitrogen and oxygen atoms in total. The van der Waals surface area contributed by atoms with Gasteiger partial charge in [0.1, 0.15) is 11.9 Å². The lowest BCUT2D eigenvalue weighted by atomic mass is 10.1. The quantitative estimate of drug-likeness (QED) is 0.570. The van der Waals surface area contributed by atoms with Crippen LogP contribution in [0.2, 0.25) is 5.02 Å². The lowest BCUT2D eigenvalue weighted by Crippen LogP contribution is -2.37. The molecule has 8 heteroatoms. The summed E-state index contributed by atoms with van der Waals surface area (Å²) >= 11 is 11.4. The second-order valence-corrected chi connectivity index (χ2v) is 6.95. The van der Waals surface area contributed by atoms with E-state index in [4.69, 9.17) is 23.8 Å². The largest absolute Gasteiger partial charge is 0.332 e. The van der Waals surface area contributed by atoms with Crippen molar-refractivity contribution in [1.82, 2.24) is 4.90 Å². The van der Waals surface area contributed by atoms with E-state index in [2.05, 4.69) is 11.9 Å². The molecule has 0 radical (unpaired) electrons. The zero-order chi connectivity index (χ0) is 20.3. The number of thiocarbonyl (C=S) groups is 1. The summed E-state index contributed by atoms with van der Waals surface area (Å²) in [6, 6.07) is 11.4. The second-order valence-electron chi connectivity index (χ2n) is 6.15. The van der Waals surface area contributed by atoms with Crippen LogP contribution in [0.15, 0.2) is 61.2 Å². The Morgan fingerprint density at radius 1 is 1.29 bits per heavy atom. The molecule has 1 aliphatic heterocycles. The summed E-state index contributed by atoms with van der Waals surface area (Å²) in [7, 11) is 0. The Bertz CT molecular complexity index is 935. The van der Waals surface area contributed by atoms with Gasteiger partial charge in [-0.2, -0.15) is 0 Å². The van der Waals surface area contributed by atoms with E-state index in [0.717, 1.165) is 0 Å². The van der Waals surface area contributed by atoms with E-state index >= 15 is 0 Å². The van der Waals surface area contributed by atoms with Crippen molar-refractivity contribution >= 4 is 52.1 Å². The minimum absolute atomic E-state index is 0.100. The first kappa shape index (κ1) is 20.0. The van der Waals surface area contributed by atoms with E-state index in [1.165, 1.54) is 29.2 Å². The molecule has 144 valence electrons. The normalized spacial score (nSPS) is 16.4. The van der Waals surface area contributed by atoms with Crippen LogP contribution in [0.1, 0.15) is 6.42 Å². The molecular formula is C20H17ClFN3O2S. The van der Waals surface area contributed by atoms with Crippen LogP contribution >= 0.6 is 23.8 Å². The monoisotopic (exact) mass is 417 g/mol. The van der Waals surface area contributed by atoms with Gasteiger partial charge in [0.25, 0.3) is 5.91 Å². The van der Waals surface area contributed by atoms with Crippen LogP contribution in [0.4, 0.5) is 15.8 Å². The van der Waals surface area contributed by atoms with Crippen LogP contribution in [-0.4, -0.2) is 34.4 Å². The number of nitrogens with one attached hydrogen (secondary N) is 1. The molecular weight excluding hydrogens is 401 g/mol. The van der Waals surface area contributed by atoms with E-state index < -0.39 is 11.9 Å². The summed E-state index contributed by atoms with van der Waals surface area (Å²) in [5, 5.41) is 3.47. The number of carbonyl (C=O) groups is 2. The smallest absolute Gasteiger partial charge is 0.256 e. The van der Waals surface area contributed by atoms with E-state index in [9.17, 15) is 14.0 Å². The van der Waals surface area contributed by atoms with Gasteiger partial charge >= 0.3 is 0 Å². The van der Waals surface area contributed by atoms with Crippen molar-refractivity contribution in [3.05, 3.63) is 72.0 Å². The van der Waals surface area contributed by atoms with Crippen LogP contribution in [0.3, 0.4) is 0 Å². The Labute approximate surface area is 172 Å². The molecule has 0 bridgehead atoms. The van der Waals surface area contributed by atoms with Crippen LogP contribution < -0.4 is 10.2 Å². The van der Waals surface area contributed by atoms with Gasteiger partial charge in [0.15, 0.2) is 5.11 Å². The van der Waals surface area contributed by atoms with Gasteiger partial charge in [0.05, 0.1) is 12.1 Å². The molecule has 1 saturated heterocycles. The average Bonchev–Trinajstić information content (AvgIpc) is 2.87. The van der Waals surface area contributed by atoms with Crippen molar-refractivity contribution < 1.29 is 14.0 Å². The zero-order valence-electron chi connectivity index (χ0n) is 14.8. The number of halogens is 2. The summed E-state index contributed by atoms with van der Waals surface area (Å²) in [6.07, 6.45) is 1.51. The van der Waals surface area contributed by atoms with Gasteiger partial charge in [-0.15, -0.1) is 6.58 Å². The molecule has 1 atom stereocenters. The molecule has 2 aromatic rings. The Morgan fingerprint density at radius 2 is 2.00 bits per heavy atom. The van der Waals surface area contributed by atoms with Crippen LogP contribution in [0.5, 0.6) is 0 Å². The van der Waals surface area contributed by atoms with Gasteiger partial charge in [-0.3, -0.25) is 14.5 Å². The number of hydrogen-bond donors (Lipinski definition) is 1. The Balaban J connectivity index is 1.80. The third-order valence-electron chi connectivity index (χ3n) is 4.22. The maximum absolute atomic E-state index is 13.2. The fourth-order valence-corrected chi connectivity index (χ4v) is 3.55. The van der Waals surface area contributed by atoms with E-state index in [-0.39, 0.29) is 23.3 Å². The standard InChI is InChI=1S/C20H17ClFN3O2S/c1-2-10-24-17(12-18(26)23-15-5-3-4-13(21)11-15)19(27)25(20(24)28)16-8-6-14(22)7-9-16/h2-9,11,17H,1,10,12H2,(H,23,26). The second kappa shape index (κ2) is 8.50. The highest BCUT2D eigenvalue weighted by atomic mass is 35.5. The predicted octanol–water partition coefficient (Wildman–Crippen LogP) is 4.00. The Kier molecular flexibility index (Phi) is 6.06. The molecule has 0 aromatic heterocycles. The van der Waals surface area contributed by atoms with Gasteiger partial charge < -0.3 is 10.2 Å². The summed E-state index contributed by atoms with van der Waals surface area (Å²) in [6.45, 7) is 3.99. The maximum Gasteiger partial charge on any atom is 0.256 e. The Morgan fingerprint density at radius 3 is 2.64 bits per heavy atom. The van der Waals surface area contributed by atoms with Crippen molar-refractivity contribution in [2.45, 2.75) is 12.5 Å². The van der Waals surface area contributed by atoms with Gasteiger partial charge in [0.2, 0.25) is 5.91 Å². The molecule has 28 heavy (non-hydrogen) atoms. The number of anilines is 2. The summed E-state index contributed by atoms with van der Waals surface area (Å²) in [5.74, 6) is -1.11. The number of benzene rings is 2. The lowest BCUT2D eigenvalue weighted by Gasteiger charge is -2.22. The van der Waals surface area contributed by atoms with Crippen molar-refractivity contribution in [2.75, 3.05) is 16.8 Å². The highest BCUT2D eigenvalue weighted by molar-refractivity contribution is 7.80. The minimum atomic E-state index is -0.783. The van der Waals surface area contributed by atoms with Crippen LogP contribution in [-0.2, 0) is 9.59 Å². The van der Waals surface area contributed by atoms with Gasteiger partial charge in [-0.05, 0) is 54.7 Å². The minimum Gasteiger partial charge on any atom is -0.332 e. The first-order valence-corrected chi connectivity index (χ1v) is 9.26. The van der Waals surface area contributed by atoms with Crippen LogP contribution in [0, 0.1) is 5.82 Å². The van der Waals surface area contributed by atoms with Crippen molar-refractivity contribution in [3.63, 3.8) is 0 Å². The average molecular weight is 418 g/mol. The maximum atomic E-state index is 13.2. The summed E-state index contributed by atoms with van der Waals surface area (Å²) < 4.78 is 13.2. The number of rotatable bonds is 6. The highest BCUT2D eigenvalue weighted by Crippen LogP contribution is 2.27. The third-order valence-corrected chi connectivity index (χ3v) is 4.87. The molecule has 1 aliphatic rings. The lowest BCUT2D eigenvalue weighted by molar-refractivity contribution is -0.124. The summed E-state index contributed by atoms with van der Waals surface area (Å²) in [5.41, 5.74) is 0.986. The van der Waals surface area contributed by atoms with Gasteiger partial charge in [-0.1, -0.05) is 23.7 Å². The van der Waals surface area contributed by atoms with Crippen LogP contribution in [0.25, 0.3) is 0 Å². The molecule has 1 N–H and O–H groups in total. The highest BCUT2D eigenvalue weighted by Gasteiger charge is 2.43. The number of carbonyl (C=O) groups excluding carboxylic acids is 2. The van der Waals surface area contributed by atoms with Gasteiger partial charge in [0, 0.05) is 17.3 Å². The summed E-state index contributed by atoms with van der Waals surface area (Å²) in [4.78, 5) is 28.4. The number of nitrogens with zero attached hydrogens (tertiary/aromatic N) is 2. The molecule has 2 amide bonds. The molecule has 2 aromatic carbocycles. The molecule has 0 aliphatic carbocycles. The fourth-order valence-electron chi connectivity index (χ4n) is 2.96. The predicted molar refractivity (Wildman–Crippen MR) is 112 cm³/mol. The van der Waals surface area contributed by atoms with E-state index in [1.807, 2.05) is 0 Å². The molecule has 3 rings (SSSR count). The molecule has 1 heterocycles. The van der Waals surface area contributed by atoms with Crippen molar-refractivity contribution in [1.29, 1.82) is 0 Å². The third kappa shape index (κ3) is 4.21. The first-order chi connectivity index (χ1) is 13.4. The molecule has 0 saturated carbocycles. The molecule has 0 spiro atoms. The zero-order valence-corrected chi connectivity index (χ0v) is 16.3. The fraction of sp³-hybridized carbons (Fsp3) is 0.150. The topological polar surface area (TPSA) is 52.7 Å². The number of hydrogen-bond acceptors (Lipinski definition) is 3. The van der Waals surface area contributed by atoms with Crippen molar-refractivity contribution in [2.24, 2.45) is 0 Å². The van der Waals surface area contributed by atoms with Gasteiger partial charge in [-0.25, -0.2) is 4.39 Å². The van der Waals surface area contributed by atoms with Crippen molar-refractivity contribution in [3.8, 4) is 0 Å². The van der Waals surface area contributed by atoms with E-state index in [1.54, 1.807) is 35.2 Å².